The second kappa shape index (κ2) is 8.55. The summed E-state index contributed by atoms with van der Waals surface area (Å²) in [4.78, 5) is 26.8. The number of carbonyl (C=O) groups excluding carboxylic acids is 2. The quantitative estimate of drug-likeness (QED) is 0.636. The van der Waals surface area contributed by atoms with Gasteiger partial charge >= 0.3 is 6.03 Å². The molecule has 1 aliphatic heterocycles. The lowest BCUT2D eigenvalue weighted by molar-refractivity contribution is 0.0989. The number of hydrogen-bond acceptors (Lipinski definition) is 2. The molecule has 1 heterocycles. The molecular formula is C24H21F2N3O2. The van der Waals surface area contributed by atoms with E-state index >= 15 is 0 Å². The fourth-order valence-corrected chi connectivity index (χ4v) is 3.54. The maximum absolute atomic E-state index is 13.7. The van der Waals surface area contributed by atoms with Gasteiger partial charge in [-0.3, -0.25) is 4.79 Å². The van der Waals surface area contributed by atoms with Gasteiger partial charge in [0.2, 0.25) is 0 Å². The third-order valence-corrected chi connectivity index (χ3v) is 5.22. The standard InChI is InChI=1S/C24H21F2N3O2/c1-15-2-5-18(6-3-15)23(30)29-11-10-17-7-4-16(12-22(17)29)14-27-24(31)28-21-9-8-19(25)13-20(21)26/h2-9,12-13H,10-11,14H2,1H3,(H2,27,28,31). The molecule has 0 bridgehead atoms. The predicted molar refractivity (Wildman–Crippen MR) is 115 cm³/mol. The van der Waals surface area contributed by atoms with E-state index in [2.05, 4.69) is 10.6 Å². The van der Waals surface area contributed by atoms with Crippen LogP contribution >= 0.6 is 0 Å². The van der Waals surface area contributed by atoms with E-state index in [4.69, 9.17) is 0 Å². The summed E-state index contributed by atoms with van der Waals surface area (Å²) in [6.45, 7) is 2.76. The van der Waals surface area contributed by atoms with Gasteiger partial charge in [-0.05, 0) is 54.8 Å². The molecule has 0 fully saturated rings. The first kappa shape index (κ1) is 20.5. The lowest BCUT2D eigenvalue weighted by atomic mass is 10.1. The maximum atomic E-state index is 13.7. The Hall–Kier alpha value is -3.74. The number of amides is 3. The molecule has 0 saturated carbocycles. The summed E-state index contributed by atoms with van der Waals surface area (Å²) in [6, 6.07) is 15.5. The number of nitrogens with one attached hydrogen (secondary N) is 2. The van der Waals surface area contributed by atoms with Gasteiger partial charge in [0.15, 0.2) is 0 Å². The number of halogens is 2. The van der Waals surface area contributed by atoms with Crippen molar-refractivity contribution in [3.05, 3.63) is 94.6 Å². The van der Waals surface area contributed by atoms with Crippen molar-refractivity contribution in [2.75, 3.05) is 16.8 Å². The third-order valence-electron chi connectivity index (χ3n) is 5.22. The Morgan fingerprint density at radius 2 is 1.77 bits per heavy atom. The number of anilines is 2. The highest BCUT2D eigenvalue weighted by molar-refractivity contribution is 6.07. The van der Waals surface area contributed by atoms with Crippen molar-refractivity contribution in [1.29, 1.82) is 0 Å². The molecule has 0 unspecified atom stereocenters. The fraction of sp³-hybridized carbons (Fsp3) is 0.167. The van der Waals surface area contributed by atoms with Gasteiger partial charge in [-0.2, -0.15) is 0 Å². The van der Waals surface area contributed by atoms with Gasteiger partial charge in [0.25, 0.3) is 5.91 Å². The van der Waals surface area contributed by atoms with Crippen LogP contribution in [-0.4, -0.2) is 18.5 Å². The Morgan fingerprint density at radius 1 is 1.00 bits per heavy atom. The zero-order valence-electron chi connectivity index (χ0n) is 16.9. The van der Waals surface area contributed by atoms with Gasteiger partial charge in [-0.1, -0.05) is 29.8 Å². The lowest BCUT2D eigenvalue weighted by Crippen LogP contribution is -2.30. The zero-order chi connectivity index (χ0) is 22.0. The van der Waals surface area contributed by atoms with Gasteiger partial charge in [-0.15, -0.1) is 0 Å². The average molecular weight is 421 g/mol. The minimum absolute atomic E-state index is 0.0617. The van der Waals surface area contributed by atoms with Crippen molar-refractivity contribution in [3.8, 4) is 0 Å². The van der Waals surface area contributed by atoms with Crippen molar-refractivity contribution >= 4 is 23.3 Å². The first-order valence-electron chi connectivity index (χ1n) is 9.91. The monoisotopic (exact) mass is 421 g/mol. The maximum Gasteiger partial charge on any atom is 0.319 e. The first-order chi connectivity index (χ1) is 14.9. The summed E-state index contributed by atoms with van der Waals surface area (Å²) in [5.74, 6) is -1.63. The number of benzene rings is 3. The van der Waals surface area contributed by atoms with Crippen LogP contribution in [0.1, 0.15) is 27.0 Å². The van der Waals surface area contributed by atoms with Crippen molar-refractivity contribution in [2.24, 2.45) is 0 Å². The van der Waals surface area contributed by atoms with E-state index in [0.29, 0.717) is 18.2 Å². The number of hydrogen-bond donors (Lipinski definition) is 2. The molecule has 0 atom stereocenters. The lowest BCUT2D eigenvalue weighted by Gasteiger charge is -2.18. The zero-order valence-corrected chi connectivity index (χ0v) is 16.9. The molecule has 7 heteroatoms. The second-order valence-corrected chi connectivity index (χ2v) is 7.47. The minimum atomic E-state index is -0.849. The van der Waals surface area contributed by atoms with Crippen LogP contribution in [0.15, 0.2) is 60.7 Å². The molecular weight excluding hydrogens is 400 g/mol. The van der Waals surface area contributed by atoms with E-state index in [0.717, 1.165) is 40.9 Å². The van der Waals surface area contributed by atoms with E-state index in [1.54, 1.807) is 4.90 Å². The van der Waals surface area contributed by atoms with Crippen LogP contribution in [0.25, 0.3) is 0 Å². The van der Waals surface area contributed by atoms with Crippen molar-refractivity contribution in [2.45, 2.75) is 19.9 Å². The van der Waals surface area contributed by atoms with Gasteiger partial charge in [0.1, 0.15) is 11.6 Å². The summed E-state index contributed by atoms with van der Waals surface area (Å²) in [6.07, 6.45) is 0.769. The summed E-state index contributed by atoms with van der Waals surface area (Å²) in [7, 11) is 0. The molecule has 5 nitrogen and oxygen atoms in total. The average Bonchev–Trinajstić information content (AvgIpc) is 3.17. The Bertz CT molecular complexity index is 1150. The Balaban J connectivity index is 1.43. The molecule has 2 N–H and O–H groups in total. The summed E-state index contributed by atoms with van der Waals surface area (Å²) in [5.41, 5.74) is 4.31. The van der Waals surface area contributed by atoms with Crippen molar-refractivity contribution in [1.82, 2.24) is 5.32 Å². The number of nitrogens with zero attached hydrogens (tertiary/aromatic N) is 1. The first-order valence-corrected chi connectivity index (χ1v) is 9.91. The van der Waals surface area contributed by atoms with E-state index in [9.17, 15) is 18.4 Å². The van der Waals surface area contributed by atoms with Crippen LogP contribution in [0, 0.1) is 18.6 Å². The minimum Gasteiger partial charge on any atom is -0.334 e. The summed E-state index contributed by atoms with van der Waals surface area (Å²) >= 11 is 0. The van der Waals surface area contributed by atoms with Gasteiger partial charge in [0.05, 0.1) is 5.69 Å². The van der Waals surface area contributed by atoms with Crippen LogP contribution in [0.5, 0.6) is 0 Å². The molecule has 3 aromatic carbocycles. The Kier molecular flexibility index (Phi) is 5.66. The smallest absolute Gasteiger partial charge is 0.319 e. The van der Waals surface area contributed by atoms with Gasteiger partial charge < -0.3 is 15.5 Å². The number of carbonyl (C=O) groups is 2. The Labute approximate surface area is 178 Å². The number of urea groups is 1. The second-order valence-electron chi connectivity index (χ2n) is 7.47. The highest BCUT2D eigenvalue weighted by Crippen LogP contribution is 2.30. The molecule has 4 rings (SSSR count). The molecule has 3 amide bonds. The Morgan fingerprint density at radius 3 is 2.52 bits per heavy atom. The SMILES string of the molecule is Cc1ccc(C(=O)N2CCc3ccc(CNC(=O)Nc4ccc(F)cc4F)cc32)cc1. The van der Waals surface area contributed by atoms with Crippen LogP contribution < -0.4 is 15.5 Å². The molecule has 1 aliphatic rings. The molecule has 0 saturated heterocycles. The number of fused-ring (bicyclic) bond motifs is 1. The van der Waals surface area contributed by atoms with E-state index < -0.39 is 17.7 Å². The van der Waals surface area contributed by atoms with E-state index in [1.807, 2.05) is 49.4 Å². The third kappa shape index (κ3) is 4.55. The predicted octanol–water partition coefficient (Wildman–Crippen LogP) is 4.80. The van der Waals surface area contributed by atoms with E-state index in [1.165, 1.54) is 0 Å². The van der Waals surface area contributed by atoms with Gasteiger partial charge in [-0.25, -0.2) is 13.6 Å². The molecule has 0 spiro atoms. The number of rotatable bonds is 4. The van der Waals surface area contributed by atoms with Crippen molar-refractivity contribution < 1.29 is 18.4 Å². The topological polar surface area (TPSA) is 61.4 Å². The highest BCUT2D eigenvalue weighted by atomic mass is 19.1. The summed E-state index contributed by atoms with van der Waals surface area (Å²) < 4.78 is 26.7. The normalized spacial score (nSPS) is 12.4. The largest absolute Gasteiger partial charge is 0.334 e. The van der Waals surface area contributed by atoms with Gasteiger partial charge in [0, 0.05) is 30.4 Å². The molecule has 0 radical (unpaired) electrons. The summed E-state index contributed by atoms with van der Waals surface area (Å²) in [5, 5.41) is 5.01. The van der Waals surface area contributed by atoms with Crippen LogP contribution in [-0.2, 0) is 13.0 Å². The van der Waals surface area contributed by atoms with Crippen molar-refractivity contribution in [3.63, 3.8) is 0 Å². The van der Waals surface area contributed by atoms with E-state index in [-0.39, 0.29) is 18.1 Å². The molecule has 0 aliphatic carbocycles. The molecule has 0 aromatic heterocycles. The molecule has 3 aromatic rings. The van der Waals surface area contributed by atoms with Crippen LogP contribution in [0.3, 0.4) is 0 Å². The van der Waals surface area contributed by atoms with Crippen LogP contribution in [0.2, 0.25) is 0 Å². The highest BCUT2D eigenvalue weighted by Gasteiger charge is 2.25. The number of aryl methyl sites for hydroxylation is 1. The van der Waals surface area contributed by atoms with Crippen LogP contribution in [0.4, 0.5) is 25.0 Å². The fourth-order valence-electron chi connectivity index (χ4n) is 3.54. The molecule has 158 valence electrons. The molecule has 31 heavy (non-hydrogen) atoms.